The summed E-state index contributed by atoms with van der Waals surface area (Å²) >= 11 is 0. The number of fused-ring (bicyclic) bond motifs is 1. The first-order chi connectivity index (χ1) is 18.9. The molecule has 0 radical (unpaired) electrons. The molecule has 4 aromatic rings. The maximum atomic E-state index is 13.2. The monoisotopic (exact) mass is 527 g/mol. The van der Waals surface area contributed by atoms with Crippen molar-refractivity contribution in [3.05, 3.63) is 81.5 Å². The number of pyridine rings is 3. The van der Waals surface area contributed by atoms with E-state index in [4.69, 9.17) is 4.98 Å². The van der Waals surface area contributed by atoms with Gasteiger partial charge in [0.15, 0.2) is 0 Å². The molecule has 0 atom stereocenters. The first-order valence-electron chi connectivity index (χ1n) is 13.8. The van der Waals surface area contributed by atoms with Crippen molar-refractivity contribution < 1.29 is 4.79 Å². The van der Waals surface area contributed by atoms with E-state index in [0.29, 0.717) is 22.7 Å². The van der Waals surface area contributed by atoms with Gasteiger partial charge in [0.25, 0.3) is 11.5 Å². The van der Waals surface area contributed by atoms with E-state index in [9.17, 15) is 9.59 Å². The van der Waals surface area contributed by atoms with Gasteiger partial charge in [-0.1, -0.05) is 19.4 Å². The fraction of sp³-hybridized carbons (Fsp3) is 0.400. The minimum absolute atomic E-state index is 0.154. The second-order valence-electron chi connectivity index (χ2n) is 10.5. The van der Waals surface area contributed by atoms with Gasteiger partial charge in [0.1, 0.15) is 5.82 Å². The predicted octanol–water partition coefficient (Wildman–Crippen LogP) is 3.81. The van der Waals surface area contributed by atoms with Gasteiger partial charge in [-0.2, -0.15) is 5.10 Å². The van der Waals surface area contributed by atoms with Crippen molar-refractivity contribution in [2.24, 2.45) is 0 Å². The Morgan fingerprint density at radius 1 is 1.10 bits per heavy atom. The topological polar surface area (TPSA) is 98.6 Å². The van der Waals surface area contributed by atoms with Crippen LogP contribution in [0.5, 0.6) is 0 Å². The highest BCUT2D eigenvalue weighted by molar-refractivity contribution is 6.00. The molecular formula is C30H37N7O2. The summed E-state index contributed by atoms with van der Waals surface area (Å²) in [5, 5.41) is 7.46. The molecule has 9 nitrogen and oxygen atoms in total. The van der Waals surface area contributed by atoms with Gasteiger partial charge < -0.3 is 15.2 Å². The number of nitrogens with one attached hydrogen (secondary N) is 2. The Morgan fingerprint density at radius 2 is 1.90 bits per heavy atom. The van der Waals surface area contributed by atoms with Gasteiger partial charge in [-0.15, -0.1) is 0 Å². The summed E-state index contributed by atoms with van der Waals surface area (Å²) in [6.07, 6.45) is 5.16. The highest BCUT2D eigenvalue weighted by Crippen LogP contribution is 2.24. The van der Waals surface area contributed by atoms with E-state index in [1.54, 1.807) is 10.7 Å². The maximum Gasteiger partial charge on any atom is 0.255 e. The van der Waals surface area contributed by atoms with Crippen LogP contribution in [-0.2, 0) is 13.0 Å². The molecule has 1 aliphatic heterocycles. The Bertz CT molecular complexity index is 1510. The number of rotatable bonds is 8. The molecule has 1 fully saturated rings. The fourth-order valence-corrected chi connectivity index (χ4v) is 5.33. The van der Waals surface area contributed by atoms with E-state index in [1.807, 2.05) is 37.4 Å². The predicted molar refractivity (Wildman–Crippen MR) is 154 cm³/mol. The van der Waals surface area contributed by atoms with Crippen molar-refractivity contribution in [2.45, 2.75) is 53.1 Å². The van der Waals surface area contributed by atoms with Crippen LogP contribution in [0.15, 0.2) is 53.6 Å². The number of carbonyl (C=O) groups excluding carboxylic acids is 1. The lowest BCUT2D eigenvalue weighted by molar-refractivity contribution is 0.0952. The third-order valence-electron chi connectivity index (χ3n) is 7.51. The first-order valence-corrected chi connectivity index (χ1v) is 13.8. The Kier molecular flexibility index (Phi) is 7.79. The molecule has 0 aliphatic carbocycles. The number of carbonyl (C=O) groups is 1. The minimum atomic E-state index is -0.265. The molecule has 0 spiro atoms. The van der Waals surface area contributed by atoms with E-state index in [1.165, 1.54) is 0 Å². The lowest BCUT2D eigenvalue weighted by Crippen LogP contribution is -2.49. The lowest BCUT2D eigenvalue weighted by Gasteiger charge is -2.37. The molecule has 9 heteroatoms. The van der Waals surface area contributed by atoms with Crippen LogP contribution in [-0.4, -0.2) is 62.6 Å². The van der Waals surface area contributed by atoms with Gasteiger partial charge in [-0.25, -0.2) is 9.50 Å². The summed E-state index contributed by atoms with van der Waals surface area (Å²) < 4.78 is 1.77. The van der Waals surface area contributed by atoms with Crippen LogP contribution in [0, 0.1) is 6.92 Å². The molecule has 5 rings (SSSR count). The summed E-state index contributed by atoms with van der Waals surface area (Å²) in [6.45, 7) is 12.6. The lowest BCUT2D eigenvalue weighted by atomic mass is 10.0. The van der Waals surface area contributed by atoms with Crippen LogP contribution in [0.1, 0.15) is 54.4 Å². The third-order valence-corrected chi connectivity index (χ3v) is 7.51. The summed E-state index contributed by atoms with van der Waals surface area (Å²) in [5.41, 5.74) is 5.19. The van der Waals surface area contributed by atoms with Gasteiger partial charge in [-0.3, -0.25) is 14.5 Å². The zero-order valence-electron chi connectivity index (χ0n) is 23.2. The summed E-state index contributed by atoms with van der Waals surface area (Å²) in [5.74, 6) is 0.710. The zero-order valence-corrected chi connectivity index (χ0v) is 23.2. The molecule has 1 saturated heterocycles. The molecule has 0 bridgehead atoms. The molecule has 0 unspecified atom stereocenters. The summed E-state index contributed by atoms with van der Waals surface area (Å²) in [7, 11) is 0. The number of aryl methyl sites for hydroxylation is 2. The van der Waals surface area contributed by atoms with E-state index in [2.05, 4.69) is 58.1 Å². The van der Waals surface area contributed by atoms with Crippen LogP contribution in [0.2, 0.25) is 0 Å². The number of H-pyrrole nitrogens is 1. The Morgan fingerprint density at radius 3 is 2.59 bits per heavy atom. The number of aromatic nitrogens is 4. The van der Waals surface area contributed by atoms with E-state index in [0.717, 1.165) is 67.4 Å². The average Bonchev–Trinajstić information content (AvgIpc) is 3.37. The average molecular weight is 528 g/mol. The molecule has 1 aliphatic rings. The molecular weight excluding hydrogens is 490 g/mol. The Hall–Kier alpha value is -3.98. The summed E-state index contributed by atoms with van der Waals surface area (Å²) in [6, 6.07) is 12.4. The minimum Gasteiger partial charge on any atom is -0.354 e. The first kappa shape index (κ1) is 26.6. The highest BCUT2D eigenvalue weighted by Gasteiger charge is 2.20. The standard InChI is InChI=1S/C30H37N7O2/c1-5-7-22-16-21(4)34-30(39)24(22)18-32-29(38)25-19-33-37-26(8-6-9-27(25)37)23-10-11-28(31-17-23)36-14-12-35(13-15-36)20(2)3/h6,8-11,16-17,19-20H,5,7,12-15,18H2,1-4H3,(H,32,38)(H,34,39). The molecule has 204 valence electrons. The van der Waals surface area contributed by atoms with Crippen LogP contribution < -0.4 is 15.8 Å². The molecule has 1 amide bonds. The highest BCUT2D eigenvalue weighted by atomic mass is 16.2. The number of anilines is 1. The number of nitrogens with zero attached hydrogens (tertiary/aromatic N) is 5. The number of hydrogen-bond donors (Lipinski definition) is 2. The number of amides is 1. The smallest absolute Gasteiger partial charge is 0.255 e. The van der Waals surface area contributed by atoms with Crippen LogP contribution in [0.4, 0.5) is 5.82 Å². The molecule has 5 heterocycles. The second kappa shape index (κ2) is 11.4. The zero-order chi connectivity index (χ0) is 27.5. The van der Waals surface area contributed by atoms with Crippen molar-refractivity contribution in [3.8, 4) is 11.3 Å². The number of hydrogen-bond acceptors (Lipinski definition) is 6. The fourth-order valence-electron chi connectivity index (χ4n) is 5.33. The largest absolute Gasteiger partial charge is 0.354 e. The third kappa shape index (κ3) is 5.59. The van der Waals surface area contributed by atoms with Crippen LogP contribution in [0.3, 0.4) is 0 Å². The van der Waals surface area contributed by atoms with Crippen molar-refractivity contribution in [1.82, 2.24) is 29.8 Å². The van der Waals surface area contributed by atoms with Crippen molar-refractivity contribution in [1.29, 1.82) is 0 Å². The number of piperazine rings is 1. The van der Waals surface area contributed by atoms with Crippen molar-refractivity contribution >= 4 is 17.2 Å². The van der Waals surface area contributed by atoms with Crippen LogP contribution >= 0.6 is 0 Å². The number of aromatic amines is 1. The van der Waals surface area contributed by atoms with E-state index < -0.39 is 0 Å². The molecule has 2 N–H and O–H groups in total. The van der Waals surface area contributed by atoms with Gasteiger partial charge in [0, 0.05) is 61.8 Å². The van der Waals surface area contributed by atoms with Crippen molar-refractivity contribution in [2.75, 3.05) is 31.1 Å². The maximum absolute atomic E-state index is 13.2. The Balaban J connectivity index is 1.33. The summed E-state index contributed by atoms with van der Waals surface area (Å²) in [4.78, 5) is 38.2. The van der Waals surface area contributed by atoms with Crippen LogP contribution in [0.25, 0.3) is 16.8 Å². The normalized spacial score (nSPS) is 14.3. The second-order valence-corrected chi connectivity index (χ2v) is 10.5. The van der Waals surface area contributed by atoms with Crippen molar-refractivity contribution in [3.63, 3.8) is 0 Å². The van der Waals surface area contributed by atoms with Gasteiger partial charge in [-0.05, 0) is 63.1 Å². The van der Waals surface area contributed by atoms with Gasteiger partial charge in [0.2, 0.25) is 0 Å². The van der Waals surface area contributed by atoms with E-state index >= 15 is 0 Å². The van der Waals surface area contributed by atoms with E-state index in [-0.39, 0.29) is 18.0 Å². The molecule has 0 aromatic carbocycles. The van der Waals surface area contributed by atoms with Gasteiger partial charge in [0.05, 0.1) is 23.0 Å². The molecule has 39 heavy (non-hydrogen) atoms. The quantitative estimate of drug-likeness (QED) is 0.362. The van der Waals surface area contributed by atoms with Gasteiger partial charge >= 0.3 is 0 Å². The molecule has 0 saturated carbocycles. The molecule has 4 aromatic heterocycles. The Labute approximate surface area is 228 Å². The SMILES string of the molecule is CCCc1cc(C)[nH]c(=O)c1CNC(=O)c1cnn2c(-c3ccc(N4CCN(C(C)C)CC4)nc3)cccc12.